The number of nitrogens with zero attached hydrogens (tertiary/aromatic N) is 2. The Bertz CT molecular complexity index is 773. The van der Waals surface area contributed by atoms with E-state index in [4.69, 9.17) is 4.99 Å². The predicted molar refractivity (Wildman–Crippen MR) is 124 cm³/mol. The van der Waals surface area contributed by atoms with Gasteiger partial charge in [-0.05, 0) is 50.3 Å². The Kier molecular flexibility index (Phi) is 8.74. The van der Waals surface area contributed by atoms with E-state index < -0.39 is 0 Å². The Labute approximate surface area is 186 Å². The van der Waals surface area contributed by atoms with Crippen LogP contribution in [-0.4, -0.2) is 61.9 Å². The molecule has 31 heavy (non-hydrogen) atoms. The normalized spacial score (nSPS) is 19.9. The molecule has 1 heterocycles. The minimum Gasteiger partial charge on any atom is -0.357 e. The lowest BCUT2D eigenvalue weighted by molar-refractivity contribution is -0.135. The van der Waals surface area contributed by atoms with Crippen molar-refractivity contribution in [1.29, 1.82) is 0 Å². The van der Waals surface area contributed by atoms with Crippen LogP contribution >= 0.6 is 0 Å². The number of benzene rings is 1. The molecular formula is C24H37N5O2. The number of nitrogens with one attached hydrogen (secondary N) is 3. The Morgan fingerprint density at radius 2 is 1.97 bits per heavy atom. The molecule has 0 radical (unpaired) electrons. The third-order valence-electron chi connectivity index (χ3n) is 6.23. The second-order valence-electron chi connectivity index (χ2n) is 8.54. The Morgan fingerprint density at radius 1 is 1.16 bits per heavy atom. The van der Waals surface area contributed by atoms with Gasteiger partial charge in [0.1, 0.15) is 0 Å². The van der Waals surface area contributed by atoms with Crippen molar-refractivity contribution in [1.82, 2.24) is 20.9 Å². The third kappa shape index (κ3) is 6.71. The van der Waals surface area contributed by atoms with Gasteiger partial charge in [0.25, 0.3) is 5.91 Å². The number of likely N-dealkylation sites (tertiary alicyclic amines) is 1. The highest BCUT2D eigenvalue weighted by Gasteiger charge is 2.31. The van der Waals surface area contributed by atoms with E-state index in [-0.39, 0.29) is 17.9 Å². The van der Waals surface area contributed by atoms with Crippen molar-refractivity contribution >= 4 is 17.8 Å². The van der Waals surface area contributed by atoms with Crippen molar-refractivity contribution in [2.24, 2.45) is 10.9 Å². The van der Waals surface area contributed by atoms with Crippen LogP contribution in [0.2, 0.25) is 0 Å². The van der Waals surface area contributed by atoms with Gasteiger partial charge in [0.2, 0.25) is 5.91 Å². The summed E-state index contributed by atoms with van der Waals surface area (Å²) in [6.45, 7) is 5.06. The van der Waals surface area contributed by atoms with Gasteiger partial charge >= 0.3 is 0 Å². The van der Waals surface area contributed by atoms with Gasteiger partial charge < -0.3 is 20.9 Å². The van der Waals surface area contributed by atoms with Crippen LogP contribution in [0.4, 0.5) is 0 Å². The SMILES string of the molecule is CCNC(=NCCc1cccc(C(=O)NC)c1)NC1CCN(C(=O)C2CCCCC2)C1. The van der Waals surface area contributed by atoms with Crippen molar-refractivity contribution in [2.45, 2.75) is 57.9 Å². The molecule has 1 aromatic carbocycles. The minimum absolute atomic E-state index is 0.0751. The van der Waals surface area contributed by atoms with E-state index >= 15 is 0 Å². The maximum atomic E-state index is 12.8. The predicted octanol–water partition coefficient (Wildman–Crippen LogP) is 2.33. The summed E-state index contributed by atoms with van der Waals surface area (Å²) < 4.78 is 0. The van der Waals surface area contributed by atoms with Gasteiger partial charge in [-0.15, -0.1) is 0 Å². The Hall–Kier alpha value is -2.57. The van der Waals surface area contributed by atoms with Gasteiger partial charge in [-0.3, -0.25) is 14.6 Å². The van der Waals surface area contributed by atoms with Crippen molar-refractivity contribution in [3.63, 3.8) is 0 Å². The molecule has 170 valence electrons. The number of carbonyl (C=O) groups excluding carboxylic acids is 2. The number of hydrogen-bond acceptors (Lipinski definition) is 3. The highest BCUT2D eigenvalue weighted by atomic mass is 16.2. The molecule has 1 aliphatic heterocycles. The maximum absolute atomic E-state index is 12.8. The minimum atomic E-state index is -0.0751. The quantitative estimate of drug-likeness (QED) is 0.461. The summed E-state index contributed by atoms with van der Waals surface area (Å²) in [5, 5.41) is 9.48. The van der Waals surface area contributed by atoms with E-state index in [1.807, 2.05) is 29.2 Å². The van der Waals surface area contributed by atoms with Crippen LogP contribution in [0.5, 0.6) is 0 Å². The van der Waals surface area contributed by atoms with Crippen molar-refractivity contribution in [3.8, 4) is 0 Å². The first-order chi connectivity index (χ1) is 15.1. The van der Waals surface area contributed by atoms with Crippen LogP contribution in [0.1, 0.15) is 61.4 Å². The van der Waals surface area contributed by atoms with Crippen LogP contribution in [0.25, 0.3) is 0 Å². The van der Waals surface area contributed by atoms with E-state index in [0.717, 1.165) is 56.8 Å². The molecule has 1 unspecified atom stereocenters. The summed E-state index contributed by atoms with van der Waals surface area (Å²) in [4.78, 5) is 31.4. The number of guanidine groups is 1. The lowest BCUT2D eigenvalue weighted by Gasteiger charge is -2.26. The van der Waals surface area contributed by atoms with E-state index in [2.05, 4.69) is 22.9 Å². The number of carbonyl (C=O) groups is 2. The van der Waals surface area contributed by atoms with Crippen LogP contribution < -0.4 is 16.0 Å². The first-order valence-electron chi connectivity index (χ1n) is 11.8. The number of hydrogen-bond donors (Lipinski definition) is 3. The summed E-state index contributed by atoms with van der Waals surface area (Å²) in [5.41, 5.74) is 1.76. The zero-order valence-corrected chi connectivity index (χ0v) is 19.0. The standard InChI is InChI=1S/C24H37N5O2/c1-3-26-24(27-14-12-18-8-7-11-20(16-18)22(30)25-2)28-21-13-15-29(17-21)23(31)19-9-5-4-6-10-19/h7-8,11,16,19,21H,3-6,9-10,12-15,17H2,1-2H3,(H,25,30)(H2,26,27,28). The molecule has 1 aromatic rings. The zero-order chi connectivity index (χ0) is 22.1. The van der Waals surface area contributed by atoms with Gasteiger partial charge in [0.15, 0.2) is 5.96 Å². The topological polar surface area (TPSA) is 85.8 Å². The van der Waals surface area contributed by atoms with Crippen molar-refractivity contribution < 1.29 is 9.59 Å². The molecule has 3 rings (SSSR count). The van der Waals surface area contributed by atoms with E-state index in [0.29, 0.717) is 18.0 Å². The summed E-state index contributed by atoms with van der Waals surface area (Å²) >= 11 is 0. The second-order valence-corrected chi connectivity index (χ2v) is 8.54. The highest BCUT2D eigenvalue weighted by molar-refractivity contribution is 5.94. The first-order valence-corrected chi connectivity index (χ1v) is 11.8. The lowest BCUT2D eigenvalue weighted by Crippen LogP contribution is -2.45. The monoisotopic (exact) mass is 427 g/mol. The van der Waals surface area contributed by atoms with Gasteiger partial charge in [-0.25, -0.2) is 0 Å². The molecule has 3 N–H and O–H groups in total. The number of amides is 2. The molecular weight excluding hydrogens is 390 g/mol. The average molecular weight is 428 g/mol. The third-order valence-corrected chi connectivity index (χ3v) is 6.23. The molecule has 2 fully saturated rings. The van der Waals surface area contributed by atoms with Crippen LogP contribution in [0, 0.1) is 5.92 Å². The van der Waals surface area contributed by atoms with Crippen LogP contribution in [-0.2, 0) is 11.2 Å². The largest absolute Gasteiger partial charge is 0.357 e. The molecule has 2 aliphatic rings. The molecule has 1 saturated carbocycles. The summed E-state index contributed by atoms with van der Waals surface area (Å²) in [6.07, 6.45) is 7.48. The van der Waals surface area contributed by atoms with Crippen molar-refractivity contribution in [3.05, 3.63) is 35.4 Å². The lowest BCUT2D eigenvalue weighted by atomic mass is 9.88. The maximum Gasteiger partial charge on any atom is 0.251 e. The average Bonchev–Trinajstić information content (AvgIpc) is 3.27. The summed E-state index contributed by atoms with van der Waals surface area (Å²) in [6, 6.07) is 7.90. The van der Waals surface area contributed by atoms with Gasteiger partial charge in [-0.1, -0.05) is 31.4 Å². The molecule has 1 saturated heterocycles. The smallest absolute Gasteiger partial charge is 0.251 e. The molecule has 7 nitrogen and oxygen atoms in total. The molecule has 0 spiro atoms. The molecule has 1 aliphatic carbocycles. The fourth-order valence-corrected chi connectivity index (χ4v) is 4.51. The molecule has 0 aromatic heterocycles. The molecule has 7 heteroatoms. The van der Waals surface area contributed by atoms with Gasteiger partial charge in [0.05, 0.1) is 0 Å². The van der Waals surface area contributed by atoms with Gasteiger partial charge in [0, 0.05) is 50.7 Å². The van der Waals surface area contributed by atoms with E-state index in [1.54, 1.807) is 7.05 Å². The Balaban J connectivity index is 1.51. The number of rotatable bonds is 7. The Morgan fingerprint density at radius 3 is 2.71 bits per heavy atom. The molecule has 2 amide bonds. The second kappa shape index (κ2) is 11.7. The van der Waals surface area contributed by atoms with E-state index in [9.17, 15) is 9.59 Å². The molecule has 1 atom stereocenters. The van der Waals surface area contributed by atoms with Crippen molar-refractivity contribution in [2.75, 3.05) is 33.2 Å². The van der Waals surface area contributed by atoms with Crippen LogP contribution in [0.15, 0.2) is 29.3 Å². The molecule has 0 bridgehead atoms. The zero-order valence-electron chi connectivity index (χ0n) is 19.0. The number of aliphatic imine (C=N–C) groups is 1. The summed E-state index contributed by atoms with van der Waals surface area (Å²) in [5.74, 6) is 1.30. The van der Waals surface area contributed by atoms with E-state index in [1.165, 1.54) is 19.3 Å². The van der Waals surface area contributed by atoms with Gasteiger partial charge in [-0.2, -0.15) is 0 Å². The fourth-order valence-electron chi connectivity index (χ4n) is 4.51. The first kappa shape index (κ1) is 23.1. The van der Waals surface area contributed by atoms with Crippen LogP contribution in [0.3, 0.4) is 0 Å². The summed E-state index contributed by atoms with van der Waals surface area (Å²) in [7, 11) is 1.64. The fraction of sp³-hybridized carbons (Fsp3) is 0.625. The highest BCUT2D eigenvalue weighted by Crippen LogP contribution is 2.26.